The summed E-state index contributed by atoms with van der Waals surface area (Å²) in [5, 5.41) is 3.16. The van der Waals surface area contributed by atoms with Gasteiger partial charge in [0.05, 0.1) is 0 Å². The molecule has 1 rings (SSSR count). The lowest BCUT2D eigenvalue weighted by molar-refractivity contribution is 0.390. The van der Waals surface area contributed by atoms with Gasteiger partial charge in [-0.25, -0.2) is 0 Å². The molecule has 0 aromatic heterocycles. The van der Waals surface area contributed by atoms with Crippen molar-refractivity contribution in [1.82, 2.24) is 13.9 Å². The van der Waals surface area contributed by atoms with Gasteiger partial charge < -0.3 is 5.32 Å². The second kappa shape index (κ2) is 4.36. The van der Waals surface area contributed by atoms with Gasteiger partial charge in [-0.1, -0.05) is 0 Å². The Balaban J connectivity index is 2.69. The van der Waals surface area contributed by atoms with Crippen LogP contribution in [0.15, 0.2) is 0 Å². The third kappa shape index (κ3) is 2.63. The highest BCUT2D eigenvalue weighted by Crippen LogP contribution is 2.05. The predicted molar refractivity (Wildman–Crippen MR) is 51.7 cm³/mol. The first kappa shape index (κ1) is 10.9. The summed E-state index contributed by atoms with van der Waals surface area (Å²) in [6.07, 6.45) is 0.882. The fourth-order valence-corrected chi connectivity index (χ4v) is 2.43. The molecule has 1 aliphatic heterocycles. The standard InChI is InChI=1S/C7H17N3O2S/c1-9(2)13(11,12)10-6-3-4-8-5-7-10/h8H,3-7H2,1-2H3. The van der Waals surface area contributed by atoms with Gasteiger partial charge in [-0.05, 0) is 13.0 Å². The van der Waals surface area contributed by atoms with Crippen molar-refractivity contribution in [3.63, 3.8) is 0 Å². The zero-order chi connectivity index (χ0) is 9.90. The van der Waals surface area contributed by atoms with Crippen LogP contribution in [-0.2, 0) is 10.2 Å². The van der Waals surface area contributed by atoms with Crippen molar-refractivity contribution in [3.05, 3.63) is 0 Å². The predicted octanol–water partition coefficient (Wildman–Crippen LogP) is -0.912. The highest BCUT2D eigenvalue weighted by Gasteiger charge is 2.24. The molecule has 0 bridgehead atoms. The first-order chi connectivity index (χ1) is 6.05. The van der Waals surface area contributed by atoms with Crippen LogP contribution in [0.4, 0.5) is 0 Å². The maximum atomic E-state index is 11.7. The van der Waals surface area contributed by atoms with Crippen LogP contribution in [0.3, 0.4) is 0 Å². The quantitative estimate of drug-likeness (QED) is 0.638. The second-order valence-electron chi connectivity index (χ2n) is 3.29. The summed E-state index contributed by atoms with van der Waals surface area (Å²) in [5.74, 6) is 0. The SMILES string of the molecule is CN(C)S(=O)(=O)N1CCCNCC1. The molecule has 0 aromatic rings. The lowest BCUT2D eigenvalue weighted by Crippen LogP contribution is -2.41. The summed E-state index contributed by atoms with van der Waals surface area (Å²) < 4.78 is 26.1. The molecule has 0 atom stereocenters. The third-order valence-electron chi connectivity index (χ3n) is 2.09. The van der Waals surface area contributed by atoms with E-state index >= 15 is 0 Å². The monoisotopic (exact) mass is 207 g/mol. The zero-order valence-electron chi connectivity index (χ0n) is 8.15. The van der Waals surface area contributed by atoms with Gasteiger partial charge in [0.15, 0.2) is 0 Å². The Morgan fingerprint density at radius 2 is 1.92 bits per heavy atom. The minimum absolute atomic E-state index is 0.570. The Morgan fingerprint density at radius 1 is 1.23 bits per heavy atom. The van der Waals surface area contributed by atoms with Crippen LogP contribution in [0, 0.1) is 0 Å². The first-order valence-electron chi connectivity index (χ1n) is 4.43. The highest BCUT2D eigenvalue weighted by atomic mass is 32.2. The molecule has 1 fully saturated rings. The smallest absolute Gasteiger partial charge is 0.281 e. The van der Waals surface area contributed by atoms with E-state index in [0.717, 1.165) is 19.5 Å². The fourth-order valence-electron chi connectivity index (χ4n) is 1.28. The molecule has 13 heavy (non-hydrogen) atoms. The van der Waals surface area contributed by atoms with Crippen molar-refractivity contribution in [1.29, 1.82) is 0 Å². The van der Waals surface area contributed by atoms with Crippen molar-refractivity contribution in [2.75, 3.05) is 40.3 Å². The van der Waals surface area contributed by atoms with E-state index in [1.54, 1.807) is 14.1 Å². The van der Waals surface area contributed by atoms with E-state index in [2.05, 4.69) is 5.32 Å². The average Bonchev–Trinajstić information content (AvgIpc) is 2.31. The minimum Gasteiger partial charge on any atom is -0.315 e. The lowest BCUT2D eigenvalue weighted by Gasteiger charge is -2.23. The molecule has 0 aliphatic carbocycles. The van der Waals surface area contributed by atoms with E-state index in [-0.39, 0.29) is 0 Å². The molecule has 0 radical (unpaired) electrons. The van der Waals surface area contributed by atoms with Crippen LogP contribution < -0.4 is 5.32 Å². The van der Waals surface area contributed by atoms with Crippen molar-refractivity contribution in [2.24, 2.45) is 0 Å². The number of hydrogen-bond acceptors (Lipinski definition) is 3. The summed E-state index contributed by atoms with van der Waals surface area (Å²) in [7, 11) is -0.0703. The molecular formula is C7H17N3O2S. The van der Waals surface area contributed by atoms with E-state index in [1.807, 2.05) is 0 Å². The van der Waals surface area contributed by atoms with Crippen molar-refractivity contribution in [3.8, 4) is 0 Å². The van der Waals surface area contributed by atoms with Crippen LogP contribution in [0.2, 0.25) is 0 Å². The van der Waals surface area contributed by atoms with Gasteiger partial charge in [-0.2, -0.15) is 17.0 Å². The summed E-state index contributed by atoms with van der Waals surface area (Å²) in [4.78, 5) is 0. The molecule has 0 spiro atoms. The van der Waals surface area contributed by atoms with Crippen molar-refractivity contribution in [2.45, 2.75) is 6.42 Å². The Morgan fingerprint density at radius 3 is 2.54 bits per heavy atom. The summed E-state index contributed by atoms with van der Waals surface area (Å²) in [5.41, 5.74) is 0. The minimum atomic E-state index is -3.20. The maximum absolute atomic E-state index is 11.7. The molecule has 1 N–H and O–H groups in total. The van der Waals surface area contributed by atoms with E-state index in [4.69, 9.17) is 0 Å². The van der Waals surface area contributed by atoms with Crippen LogP contribution in [0.1, 0.15) is 6.42 Å². The fraction of sp³-hybridized carbons (Fsp3) is 1.00. The van der Waals surface area contributed by atoms with E-state index in [1.165, 1.54) is 8.61 Å². The number of hydrogen-bond donors (Lipinski definition) is 1. The molecule has 0 amide bonds. The van der Waals surface area contributed by atoms with Gasteiger partial charge >= 0.3 is 0 Å². The van der Waals surface area contributed by atoms with E-state index in [9.17, 15) is 8.42 Å². The van der Waals surface area contributed by atoms with Gasteiger partial charge in [0, 0.05) is 33.7 Å². The molecule has 6 heteroatoms. The number of nitrogens with zero attached hydrogens (tertiary/aromatic N) is 2. The van der Waals surface area contributed by atoms with Gasteiger partial charge in [0.2, 0.25) is 0 Å². The Hall–Kier alpha value is -0.170. The molecule has 1 saturated heterocycles. The average molecular weight is 207 g/mol. The van der Waals surface area contributed by atoms with Gasteiger partial charge in [0.25, 0.3) is 10.2 Å². The Bertz CT molecular complexity index is 242. The first-order valence-corrected chi connectivity index (χ1v) is 5.83. The lowest BCUT2D eigenvalue weighted by atomic mass is 10.4. The Labute approximate surface area is 79.9 Å². The van der Waals surface area contributed by atoms with Gasteiger partial charge in [-0.3, -0.25) is 0 Å². The molecular weight excluding hydrogens is 190 g/mol. The van der Waals surface area contributed by atoms with Crippen molar-refractivity contribution < 1.29 is 8.42 Å². The topological polar surface area (TPSA) is 52.7 Å². The van der Waals surface area contributed by atoms with Crippen LogP contribution in [-0.4, -0.2) is 57.3 Å². The molecule has 0 aromatic carbocycles. The molecule has 5 nitrogen and oxygen atoms in total. The third-order valence-corrected chi connectivity index (χ3v) is 4.03. The zero-order valence-corrected chi connectivity index (χ0v) is 8.97. The molecule has 0 unspecified atom stereocenters. The van der Waals surface area contributed by atoms with Crippen LogP contribution in [0.25, 0.3) is 0 Å². The van der Waals surface area contributed by atoms with Crippen molar-refractivity contribution >= 4 is 10.2 Å². The van der Waals surface area contributed by atoms with Crippen LogP contribution >= 0.6 is 0 Å². The summed E-state index contributed by atoms with van der Waals surface area (Å²) in [6, 6.07) is 0. The Kier molecular flexibility index (Phi) is 3.66. The van der Waals surface area contributed by atoms with Gasteiger partial charge in [-0.15, -0.1) is 0 Å². The second-order valence-corrected chi connectivity index (χ2v) is 5.44. The molecule has 78 valence electrons. The normalized spacial score (nSPS) is 21.8. The molecule has 0 saturated carbocycles. The van der Waals surface area contributed by atoms with Crippen LogP contribution in [0.5, 0.6) is 0 Å². The van der Waals surface area contributed by atoms with E-state index in [0.29, 0.717) is 13.1 Å². The number of nitrogens with one attached hydrogen (secondary N) is 1. The molecule has 1 aliphatic rings. The van der Waals surface area contributed by atoms with Gasteiger partial charge in [0.1, 0.15) is 0 Å². The molecule has 1 heterocycles. The largest absolute Gasteiger partial charge is 0.315 e. The number of rotatable bonds is 2. The van der Waals surface area contributed by atoms with E-state index < -0.39 is 10.2 Å². The highest BCUT2D eigenvalue weighted by molar-refractivity contribution is 7.86. The summed E-state index contributed by atoms with van der Waals surface area (Å²) in [6.45, 7) is 2.83. The maximum Gasteiger partial charge on any atom is 0.281 e. The summed E-state index contributed by atoms with van der Waals surface area (Å²) >= 11 is 0.